The highest BCUT2D eigenvalue weighted by molar-refractivity contribution is 5.88. The van der Waals surface area contributed by atoms with Gasteiger partial charge in [0.1, 0.15) is 11.5 Å². The van der Waals surface area contributed by atoms with Gasteiger partial charge in [0.05, 0.1) is 12.7 Å². The van der Waals surface area contributed by atoms with Crippen molar-refractivity contribution in [2.45, 2.75) is 26.2 Å². The van der Waals surface area contributed by atoms with Crippen LogP contribution in [-0.2, 0) is 10.2 Å². The Hall–Kier alpha value is -2.17. The van der Waals surface area contributed by atoms with Crippen molar-refractivity contribution in [3.8, 4) is 11.5 Å². The molecule has 0 unspecified atom stereocenters. The average molecular weight is 277 g/mol. The summed E-state index contributed by atoms with van der Waals surface area (Å²) in [5.41, 5.74) is 0.243. The highest BCUT2D eigenvalue weighted by Crippen LogP contribution is 2.31. The number of carbonyl (C=O) groups excluding carboxylic acids is 1. The molecule has 2 aromatic rings. The SMILES string of the molecule is COC(=O)c1oc(-c2ccccc2F)nc1C(C)(C)C. The van der Waals surface area contributed by atoms with Crippen molar-refractivity contribution in [3.05, 3.63) is 41.5 Å². The number of rotatable bonds is 2. The summed E-state index contributed by atoms with van der Waals surface area (Å²) in [6.45, 7) is 5.67. The van der Waals surface area contributed by atoms with Crippen LogP contribution in [0.2, 0.25) is 0 Å². The van der Waals surface area contributed by atoms with Crippen molar-refractivity contribution < 1.29 is 18.3 Å². The molecule has 0 saturated carbocycles. The molecule has 0 saturated heterocycles. The van der Waals surface area contributed by atoms with E-state index in [9.17, 15) is 9.18 Å². The van der Waals surface area contributed by atoms with E-state index in [0.29, 0.717) is 5.69 Å². The summed E-state index contributed by atoms with van der Waals surface area (Å²) in [4.78, 5) is 16.0. The van der Waals surface area contributed by atoms with E-state index >= 15 is 0 Å². The summed E-state index contributed by atoms with van der Waals surface area (Å²) in [5, 5.41) is 0. The molecule has 106 valence electrons. The van der Waals surface area contributed by atoms with Gasteiger partial charge in [-0.25, -0.2) is 14.2 Å². The number of oxazole rings is 1. The van der Waals surface area contributed by atoms with Crippen molar-refractivity contribution >= 4 is 5.97 Å². The van der Waals surface area contributed by atoms with Crippen LogP contribution in [0.1, 0.15) is 37.0 Å². The molecule has 0 spiro atoms. The van der Waals surface area contributed by atoms with E-state index in [1.54, 1.807) is 18.2 Å². The lowest BCUT2D eigenvalue weighted by Gasteiger charge is -2.15. The molecule has 4 nitrogen and oxygen atoms in total. The van der Waals surface area contributed by atoms with E-state index < -0.39 is 17.2 Å². The second-order valence-electron chi connectivity index (χ2n) is 5.42. The van der Waals surface area contributed by atoms with Crippen LogP contribution in [0.25, 0.3) is 11.5 Å². The van der Waals surface area contributed by atoms with Gasteiger partial charge in [-0.15, -0.1) is 0 Å². The first-order chi connectivity index (χ1) is 9.34. The topological polar surface area (TPSA) is 52.3 Å². The summed E-state index contributed by atoms with van der Waals surface area (Å²) in [7, 11) is 1.26. The zero-order valence-electron chi connectivity index (χ0n) is 11.9. The molecular formula is C15H16FNO3. The summed E-state index contributed by atoms with van der Waals surface area (Å²) in [6, 6.07) is 6.12. The van der Waals surface area contributed by atoms with Crippen molar-refractivity contribution in [2.24, 2.45) is 0 Å². The monoisotopic (exact) mass is 277 g/mol. The smallest absolute Gasteiger partial charge is 0.376 e. The maximum atomic E-state index is 13.8. The molecule has 0 atom stereocenters. The Morgan fingerprint density at radius 2 is 1.95 bits per heavy atom. The number of carbonyl (C=O) groups is 1. The lowest BCUT2D eigenvalue weighted by atomic mass is 9.91. The standard InChI is InChI=1S/C15H16FNO3/c1-15(2,3)12-11(14(18)19-4)20-13(17-12)9-7-5-6-8-10(9)16/h5-8H,1-4H3. The quantitative estimate of drug-likeness (QED) is 0.787. The van der Waals surface area contributed by atoms with Crippen LogP contribution < -0.4 is 0 Å². The highest BCUT2D eigenvalue weighted by atomic mass is 19.1. The third-order valence-corrected chi connectivity index (χ3v) is 2.81. The van der Waals surface area contributed by atoms with Gasteiger partial charge in [0.15, 0.2) is 0 Å². The van der Waals surface area contributed by atoms with E-state index in [0.717, 1.165) is 0 Å². The van der Waals surface area contributed by atoms with E-state index in [2.05, 4.69) is 9.72 Å². The van der Waals surface area contributed by atoms with Gasteiger partial charge in [0.25, 0.3) is 0 Å². The largest absolute Gasteiger partial charge is 0.463 e. The Balaban J connectivity index is 2.61. The first-order valence-corrected chi connectivity index (χ1v) is 6.19. The average Bonchev–Trinajstić information content (AvgIpc) is 2.83. The van der Waals surface area contributed by atoms with E-state index in [-0.39, 0.29) is 17.2 Å². The Morgan fingerprint density at radius 1 is 1.30 bits per heavy atom. The first kappa shape index (κ1) is 14.2. The van der Waals surface area contributed by atoms with Gasteiger partial charge in [-0.1, -0.05) is 32.9 Å². The number of methoxy groups -OCH3 is 1. The molecule has 1 aromatic heterocycles. The fourth-order valence-electron chi connectivity index (χ4n) is 1.81. The van der Waals surface area contributed by atoms with E-state index in [1.807, 2.05) is 20.8 Å². The number of benzene rings is 1. The molecule has 0 N–H and O–H groups in total. The van der Waals surface area contributed by atoms with Gasteiger partial charge in [-0.2, -0.15) is 0 Å². The number of ether oxygens (including phenoxy) is 1. The first-order valence-electron chi connectivity index (χ1n) is 6.19. The number of hydrogen-bond acceptors (Lipinski definition) is 4. The Morgan fingerprint density at radius 3 is 2.50 bits per heavy atom. The van der Waals surface area contributed by atoms with Crippen LogP contribution in [0.5, 0.6) is 0 Å². The lowest BCUT2D eigenvalue weighted by Crippen LogP contribution is -2.17. The molecule has 1 heterocycles. The molecule has 0 amide bonds. The van der Waals surface area contributed by atoms with Crippen LogP contribution in [0.15, 0.2) is 28.7 Å². The fraction of sp³-hybridized carbons (Fsp3) is 0.333. The van der Waals surface area contributed by atoms with E-state index in [1.165, 1.54) is 13.2 Å². The number of nitrogens with zero attached hydrogens (tertiary/aromatic N) is 1. The molecule has 5 heteroatoms. The predicted molar refractivity (Wildman–Crippen MR) is 71.9 cm³/mol. The molecule has 0 aliphatic rings. The Labute approximate surface area is 116 Å². The number of halogens is 1. The summed E-state index contributed by atoms with van der Waals surface area (Å²) < 4.78 is 23.9. The van der Waals surface area contributed by atoms with Gasteiger partial charge in [-0.3, -0.25) is 0 Å². The third-order valence-electron chi connectivity index (χ3n) is 2.81. The highest BCUT2D eigenvalue weighted by Gasteiger charge is 2.30. The van der Waals surface area contributed by atoms with Gasteiger partial charge in [-0.05, 0) is 12.1 Å². The number of hydrogen-bond donors (Lipinski definition) is 0. The third kappa shape index (κ3) is 2.57. The second-order valence-corrected chi connectivity index (χ2v) is 5.42. The number of aromatic nitrogens is 1. The minimum Gasteiger partial charge on any atom is -0.463 e. The summed E-state index contributed by atoms with van der Waals surface area (Å²) in [6.07, 6.45) is 0. The Kier molecular flexibility index (Phi) is 3.61. The summed E-state index contributed by atoms with van der Waals surface area (Å²) >= 11 is 0. The van der Waals surface area contributed by atoms with Crippen LogP contribution >= 0.6 is 0 Å². The molecule has 0 radical (unpaired) electrons. The molecule has 0 aliphatic carbocycles. The predicted octanol–water partition coefficient (Wildman–Crippen LogP) is 3.56. The van der Waals surface area contributed by atoms with Crippen molar-refractivity contribution in [1.82, 2.24) is 4.98 Å². The van der Waals surface area contributed by atoms with Gasteiger partial charge >= 0.3 is 5.97 Å². The Bertz CT molecular complexity index is 641. The molecule has 1 aromatic carbocycles. The minimum atomic E-state index is -0.620. The van der Waals surface area contributed by atoms with Crippen LogP contribution in [0, 0.1) is 5.82 Å². The normalized spacial score (nSPS) is 11.4. The van der Waals surface area contributed by atoms with Gasteiger partial charge in [0, 0.05) is 5.41 Å². The van der Waals surface area contributed by atoms with Gasteiger partial charge in [0.2, 0.25) is 11.7 Å². The molecule has 2 rings (SSSR count). The van der Waals surface area contributed by atoms with E-state index in [4.69, 9.17) is 4.42 Å². The van der Waals surface area contributed by atoms with Crippen LogP contribution in [0.4, 0.5) is 4.39 Å². The minimum absolute atomic E-state index is 0.0123. The maximum absolute atomic E-state index is 13.8. The zero-order chi connectivity index (χ0) is 14.9. The molecular weight excluding hydrogens is 261 g/mol. The van der Waals surface area contributed by atoms with Crippen molar-refractivity contribution in [2.75, 3.05) is 7.11 Å². The molecule has 0 aliphatic heterocycles. The van der Waals surface area contributed by atoms with Gasteiger partial charge < -0.3 is 9.15 Å². The molecule has 20 heavy (non-hydrogen) atoms. The summed E-state index contributed by atoms with van der Waals surface area (Å²) in [5.74, 6) is -0.984. The van der Waals surface area contributed by atoms with Crippen molar-refractivity contribution in [3.63, 3.8) is 0 Å². The molecule has 0 fully saturated rings. The zero-order valence-corrected chi connectivity index (χ0v) is 11.9. The lowest BCUT2D eigenvalue weighted by molar-refractivity contribution is 0.0562. The van der Waals surface area contributed by atoms with Crippen LogP contribution in [0.3, 0.4) is 0 Å². The number of esters is 1. The van der Waals surface area contributed by atoms with Crippen LogP contribution in [-0.4, -0.2) is 18.1 Å². The van der Waals surface area contributed by atoms with Crippen molar-refractivity contribution in [1.29, 1.82) is 0 Å². The molecule has 0 bridgehead atoms. The maximum Gasteiger partial charge on any atom is 0.376 e. The second kappa shape index (κ2) is 5.07. The fourth-order valence-corrected chi connectivity index (χ4v) is 1.81.